The van der Waals surface area contributed by atoms with Crippen LogP contribution in [0.3, 0.4) is 0 Å². The number of thioether (sulfide) groups is 1. The van der Waals surface area contributed by atoms with E-state index in [-0.39, 0.29) is 29.3 Å². The molecule has 1 aromatic rings. The van der Waals surface area contributed by atoms with Crippen molar-refractivity contribution in [2.75, 3.05) is 12.9 Å². The van der Waals surface area contributed by atoms with Crippen LogP contribution in [-0.4, -0.2) is 36.5 Å². The summed E-state index contributed by atoms with van der Waals surface area (Å²) in [5, 5.41) is 0. The molecule has 1 aliphatic heterocycles. The number of carbonyl (C=O) groups is 1. The average Bonchev–Trinajstić information content (AvgIpc) is 2.58. The molecule has 0 amide bonds. The van der Waals surface area contributed by atoms with E-state index in [4.69, 9.17) is 14.2 Å². The molecule has 0 bridgehead atoms. The van der Waals surface area contributed by atoms with E-state index in [9.17, 15) is 4.79 Å². The zero-order valence-corrected chi connectivity index (χ0v) is 15.0. The maximum absolute atomic E-state index is 12.0. The van der Waals surface area contributed by atoms with E-state index in [1.165, 1.54) is 7.11 Å². The third-order valence-corrected chi connectivity index (χ3v) is 5.46. The quantitative estimate of drug-likeness (QED) is 0.743. The molecule has 5 atom stereocenters. The fourth-order valence-corrected chi connectivity index (χ4v) is 3.89. The smallest absolute Gasteiger partial charge is 0.335 e. The number of esters is 1. The van der Waals surface area contributed by atoms with Gasteiger partial charge in [0.05, 0.1) is 19.8 Å². The van der Waals surface area contributed by atoms with Crippen LogP contribution >= 0.6 is 11.8 Å². The van der Waals surface area contributed by atoms with Crippen molar-refractivity contribution in [2.24, 2.45) is 11.8 Å². The SMILES string of the molecule is CCS[C@@H]1OC(C(=O)OC)[C@H](C)[C@H](C)C1OCc1ccccc1. The molecule has 2 unspecified atom stereocenters. The Bertz CT molecular complexity index is 493. The number of rotatable bonds is 6. The predicted molar refractivity (Wildman–Crippen MR) is 92.2 cm³/mol. The zero-order chi connectivity index (χ0) is 16.8. The lowest BCUT2D eigenvalue weighted by Crippen LogP contribution is -2.52. The first-order valence-corrected chi connectivity index (χ1v) is 9.13. The number of carbonyl (C=O) groups excluding carboxylic acids is 1. The van der Waals surface area contributed by atoms with Gasteiger partial charge in [0, 0.05) is 0 Å². The first-order valence-electron chi connectivity index (χ1n) is 8.08. The van der Waals surface area contributed by atoms with Gasteiger partial charge in [0.15, 0.2) is 6.10 Å². The van der Waals surface area contributed by atoms with Crippen molar-refractivity contribution < 1.29 is 19.0 Å². The van der Waals surface area contributed by atoms with Crippen LogP contribution in [-0.2, 0) is 25.6 Å². The van der Waals surface area contributed by atoms with Crippen LogP contribution in [0.2, 0.25) is 0 Å². The van der Waals surface area contributed by atoms with E-state index in [1.54, 1.807) is 11.8 Å². The molecule has 1 aliphatic rings. The monoisotopic (exact) mass is 338 g/mol. The fourth-order valence-electron chi connectivity index (χ4n) is 2.85. The van der Waals surface area contributed by atoms with Crippen molar-refractivity contribution in [1.29, 1.82) is 0 Å². The summed E-state index contributed by atoms with van der Waals surface area (Å²) in [6, 6.07) is 10.1. The van der Waals surface area contributed by atoms with E-state index in [2.05, 4.69) is 26.0 Å². The molecule has 0 N–H and O–H groups in total. The highest BCUT2D eigenvalue weighted by Gasteiger charge is 2.45. The summed E-state index contributed by atoms with van der Waals surface area (Å²) in [6.45, 7) is 6.79. The maximum Gasteiger partial charge on any atom is 0.335 e. The van der Waals surface area contributed by atoms with E-state index < -0.39 is 6.10 Å². The summed E-state index contributed by atoms with van der Waals surface area (Å²) >= 11 is 1.68. The Balaban J connectivity index is 2.08. The molecule has 5 heteroatoms. The van der Waals surface area contributed by atoms with E-state index in [1.807, 2.05) is 25.1 Å². The van der Waals surface area contributed by atoms with Crippen molar-refractivity contribution in [2.45, 2.75) is 45.0 Å². The van der Waals surface area contributed by atoms with E-state index in [0.717, 1.165) is 11.3 Å². The lowest BCUT2D eigenvalue weighted by Gasteiger charge is -2.43. The molecule has 0 spiro atoms. The third-order valence-electron chi connectivity index (χ3n) is 4.42. The highest BCUT2D eigenvalue weighted by Crippen LogP contribution is 2.38. The molecule has 128 valence electrons. The van der Waals surface area contributed by atoms with Crippen LogP contribution in [0.5, 0.6) is 0 Å². The topological polar surface area (TPSA) is 44.8 Å². The van der Waals surface area contributed by atoms with Gasteiger partial charge in [-0.15, -0.1) is 11.8 Å². The highest BCUT2D eigenvalue weighted by atomic mass is 32.2. The van der Waals surface area contributed by atoms with Gasteiger partial charge in [0.1, 0.15) is 5.44 Å². The molecular formula is C18H26O4S. The summed E-state index contributed by atoms with van der Waals surface area (Å²) < 4.78 is 17.1. The normalized spacial score (nSPS) is 30.9. The Kier molecular flexibility index (Phi) is 6.93. The van der Waals surface area contributed by atoms with Crippen molar-refractivity contribution >= 4 is 17.7 Å². The molecule has 0 aromatic heterocycles. The second-order valence-electron chi connectivity index (χ2n) is 5.88. The van der Waals surface area contributed by atoms with Gasteiger partial charge in [-0.1, -0.05) is 51.1 Å². The number of methoxy groups -OCH3 is 1. The zero-order valence-electron chi connectivity index (χ0n) is 14.2. The van der Waals surface area contributed by atoms with Crippen LogP contribution in [0.4, 0.5) is 0 Å². The minimum absolute atomic E-state index is 0.0453. The summed E-state index contributed by atoms with van der Waals surface area (Å²) in [4.78, 5) is 12.0. The van der Waals surface area contributed by atoms with Crippen molar-refractivity contribution in [1.82, 2.24) is 0 Å². The number of ether oxygens (including phenoxy) is 3. The summed E-state index contributed by atoms with van der Waals surface area (Å²) in [7, 11) is 1.41. The van der Waals surface area contributed by atoms with Gasteiger partial charge in [-0.3, -0.25) is 0 Å². The minimum atomic E-state index is -0.518. The number of benzene rings is 1. The van der Waals surface area contributed by atoms with Gasteiger partial charge in [0.25, 0.3) is 0 Å². The first kappa shape index (κ1) is 18.3. The average molecular weight is 338 g/mol. The first-order chi connectivity index (χ1) is 11.1. The largest absolute Gasteiger partial charge is 0.467 e. The van der Waals surface area contributed by atoms with Crippen LogP contribution < -0.4 is 0 Å². The highest BCUT2D eigenvalue weighted by molar-refractivity contribution is 7.99. The molecule has 2 rings (SSSR count). The molecule has 1 heterocycles. The Hall–Kier alpha value is -1.04. The van der Waals surface area contributed by atoms with Gasteiger partial charge in [0.2, 0.25) is 0 Å². The second kappa shape index (κ2) is 8.71. The second-order valence-corrected chi connectivity index (χ2v) is 7.26. The Labute approximate surface area is 142 Å². The van der Waals surface area contributed by atoms with E-state index >= 15 is 0 Å². The third kappa shape index (κ3) is 4.49. The molecule has 1 aromatic carbocycles. The van der Waals surface area contributed by atoms with Gasteiger partial charge < -0.3 is 14.2 Å². The van der Waals surface area contributed by atoms with Crippen molar-refractivity contribution in [3.05, 3.63) is 35.9 Å². The molecule has 0 aliphatic carbocycles. The van der Waals surface area contributed by atoms with Crippen LogP contribution in [0.25, 0.3) is 0 Å². The molecule has 0 radical (unpaired) electrons. The van der Waals surface area contributed by atoms with Gasteiger partial charge in [-0.25, -0.2) is 4.79 Å². The summed E-state index contributed by atoms with van der Waals surface area (Å²) in [5.74, 6) is 0.871. The Morgan fingerprint density at radius 1 is 1.22 bits per heavy atom. The van der Waals surface area contributed by atoms with Gasteiger partial charge >= 0.3 is 5.97 Å². The molecule has 0 saturated carbocycles. The van der Waals surface area contributed by atoms with Crippen LogP contribution in [0.1, 0.15) is 26.3 Å². The fraction of sp³-hybridized carbons (Fsp3) is 0.611. The van der Waals surface area contributed by atoms with Crippen LogP contribution in [0.15, 0.2) is 30.3 Å². The van der Waals surface area contributed by atoms with E-state index in [0.29, 0.717) is 6.61 Å². The summed E-state index contributed by atoms with van der Waals surface area (Å²) in [5.41, 5.74) is 0.988. The maximum atomic E-state index is 12.0. The molecule has 1 saturated heterocycles. The van der Waals surface area contributed by atoms with Crippen LogP contribution in [0, 0.1) is 11.8 Å². The van der Waals surface area contributed by atoms with Crippen molar-refractivity contribution in [3.8, 4) is 0 Å². The lowest BCUT2D eigenvalue weighted by atomic mass is 9.84. The molecule has 4 nitrogen and oxygen atoms in total. The number of hydrogen-bond acceptors (Lipinski definition) is 5. The van der Waals surface area contributed by atoms with Gasteiger partial charge in [-0.05, 0) is 23.2 Å². The van der Waals surface area contributed by atoms with Crippen molar-refractivity contribution in [3.63, 3.8) is 0 Å². The molecule has 1 fully saturated rings. The summed E-state index contributed by atoms with van der Waals surface area (Å²) in [6.07, 6.45) is -0.563. The lowest BCUT2D eigenvalue weighted by molar-refractivity contribution is -0.188. The predicted octanol–water partition coefficient (Wildman–Crippen LogP) is 3.50. The van der Waals surface area contributed by atoms with Gasteiger partial charge in [-0.2, -0.15) is 0 Å². The standard InChI is InChI=1S/C18H26O4S/c1-5-23-18-16(21-11-14-9-7-6-8-10-14)13(3)12(2)15(22-18)17(19)20-4/h6-10,12-13,15-16,18H,5,11H2,1-4H3/t12-,13+,15?,16?,18+/m1/s1. The molecular weight excluding hydrogens is 312 g/mol. The molecule has 23 heavy (non-hydrogen) atoms. The Morgan fingerprint density at radius 3 is 2.52 bits per heavy atom. The number of hydrogen-bond donors (Lipinski definition) is 0. The Morgan fingerprint density at radius 2 is 1.91 bits per heavy atom. The minimum Gasteiger partial charge on any atom is -0.467 e.